The van der Waals surface area contributed by atoms with E-state index < -0.39 is 11.9 Å². The molecule has 0 saturated carbocycles. The van der Waals surface area contributed by atoms with Crippen LogP contribution in [0.25, 0.3) is 16.9 Å². The lowest BCUT2D eigenvalue weighted by atomic mass is 10.1. The number of aromatic nitrogens is 2. The topological polar surface area (TPSA) is 27.1 Å². The second-order valence-electron chi connectivity index (χ2n) is 6.01. The average molecular weight is 395 g/mol. The summed E-state index contributed by atoms with van der Waals surface area (Å²) in [6.07, 6.45) is -2.66. The molecule has 0 saturated heterocycles. The van der Waals surface area contributed by atoms with Crippen LogP contribution in [-0.2, 0) is 6.18 Å². The number of hydrogen-bond acceptors (Lipinski definition) is 2. The molecule has 2 aromatic carbocycles. The highest BCUT2D eigenvalue weighted by Gasteiger charge is 2.35. The fourth-order valence-corrected chi connectivity index (χ4v) is 2.83. The van der Waals surface area contributed by atoms with E-state index in [1.165, 1.54) is 4.68 Å². The van der Waals surface area contributed by atoms with Gasteiger partial charge >= 0.3 is 6.18 Å². The maximum atomic E-state index is 13.3. The summed E-state index contributed by atoms with van der Waals surface area (Å²) in [6.45, 7) is 2.61. The Morgan fingerprint density at radius 3 is 2.56 bits per heavy atom. The summed E-state index contributed by atoms with van der Waals surface area (Å²) >= 11 is 6.19. The Labute approximate surface area is 160 Å². The molecule has 142 valence electrons. The first-order chi connectivity index (χ1) is 12.9. The molecule has 7 heteroatoms. The average Bonchev–Trinajstić information content (AvgIpc) is 3.08. The van der Waals surface area contributed by atoms with Gasteiger partial charge in [-0.05, 0) is 36.8 Å². The minimum absolute atomic E-state index is 0.288. The van der Waals surface area contributed by atoms with E-state index in [9.17, 15) is 13.2 Å². The zero-order chi connectivity index (χ0) is 19.4. The Balaban J connectivity index is 2.08. The van der Waals surface area contributed by atoms with E-state index in [1.54, 1.807) is 48.5 Å². The van der Waals surface area contributed by atoms with Crippen LogP contribution < -0.4 is 4.74 Å². The number of halogens is 4. The Morgan fingerprint density at radius 2 is 1.85 bits per heavy atom. The smallest absolute Gasteiger partial charge is 0.435 e. The van der Waals surface area contributed by atoms with Crippen LogP contribution in [-0.4, -0.2) is 16.4 Å². The molecule has 1 aromatic heterocycles. The first-order valence-corrected chi connectivity index (χ1v) is 8.93. The third-order valence-electron chi connectivity index (χ3n) is 3.98. The molecular weight excluding hydrogens is 377 g/mol. The van der Waals surface area contributed by atoms with Crippen LogP contribution in [0.15, 0.2) is 54.6 Å². The van der Waals surface area contributed by atoms with Gasteiger partial charge in [0.15, 0.2) is 5.69 Å². The minimum Gasteiger partial charge on any atom is -0.494 e. The standard InChI is InChI=1S/C20H18ClF3N2O/c1-2-3-11-27-15-8-6-7-14(12-15)18-13-19(20(22,23)24)25-26(18)17-10-5-4-9-16(17)21/h4-10,12-13H,2-3,11H2,1H3. The number of para-hydroxylation sites is 1. The SMILES string of the molecule is CCCCOc1cccc(-c2cc(C(F)(F)F)nn2-c2ccccc2Cl)c1. The fraction of sp³-hybridized carbons (Fsp3) is 0.250. The summed E-state index contributed by atoms with van der Waals surface area (Å²) in [6, 6.07) is 14.6. The number of benzene rings is 2. The largest absolute Gasteiger partial charge is 0.494 e. The molecule has 0 atom stereocenters. The summed E-state index contributed by atoms with van der Waals surface area (Å²) in [5.41, 5.74) is 0.250. The summed E-state index contributed by atoms with van der Waals surface area (Å²) in [7, 11) is 0. The van der Waals surface area contributed by atoms with E-state index in [0.29, 0.717) is 28.6 Å². The van der Waals surface area contributed by atoms with Crippen molar-refractivity contribution in [2.45, 2.75) is 25.9 Å². The van der Waals surface area contributed by atoms with Gasteiger partial charge in [0.25, 0.3) is 0 Å². The van der Waals surface area contributed by atoms with Crippen LogP contribution >= 0.6 is 11.6 Å². The number of rotatable bonds is 6. The minimum atomic E-state index is -4.56. The van der Waals surface area contributed by atoms with Gasteiger partial charge in [-0.2, -0.15) is 18.3 Å². The van der Waals surface area contributed by atoms with Crippen molar-refractivity contribution in [3.8, 4) is 22.7 Å². The van der Waals surface area contributed by atoms with Gasteiger partial charge in [-0.3, -0.25) is 0 Å². The number of unbranched alkanes of at least 4 members (excludes halogenated alkanes) is 1. The van der Waals surface area contributed by atoms with Crippen molar-refractivity contribution in [1.82, 2.24) is 9.78 Å². The molecule has 0 aliphatic carbocycles. The van der Waals surface area contributed by atoms with Gasteiger partial charge in [-0.25, -0.2) is 4.68 Å². The number of alkyl halides is 3. The molecule has 0 aliphatic rings. The molecular formula is C20H18ClF3N2O. The predicted molar refractivity (Wildman–Crippen MR) is 99.4 cm³/mol. The molecule has 3 nitrogen and oxygen atoms in total. The number of hydrogen-bond donors (Lipinski definition) is 0. The molecule has 3 aromatic rings. The van der Waals surface area contributed by atoms with Gasteiger partial charge in [0.05, 0.1) is 23.0 Å². The first kappa shape index (κ1) is 19.3. The first-order valence-electron chi connectivity index (χ1n) is 8.55. The third kappa shape index (κ3) is 4.45. The maximum Gasteiger partial charge on any atom is 0.435 e. The van der Waals surface area contributed by atoms with Gasteiger partial charge in [0.2, 0.25) is 0 Å². The van der Waals surface area contributed by atoms with Crippen molar-refractivity contribution in [1.29, 1.82) is 0 Å². The number of ether oxygens (including phenoxy) is 1. The third-order valence-corrected chi connectivity index (χ3v) is 4.30. The molecule has 0 N–H and O–H groups in total. The summed E-state index contributed by atoms with van der Waals surface area (Å²) < 4.78 is 46.7. The lowest BCUT2D eigenvalue weighted by Crippen LogP contribution is -2.07. The summed E-state index contributed by atoms with van der Waals surface area (Å²) in [5.74, 6) is 0.599. The zero-order valence-corrected chi connectivity index (χ0v) is 15.4. The van der Waals surface area contributed by atoms with E-state index in [0.717, 1.165) is 18.9 Å². The van der Waals surface area contributed by atoms with Crippen molar-refractivity contribution < 1.29 is 17.9 Å². The molecule has 0 radical (unpaired) electrons. The van der Waals surface area contributed by atoms with Crippen LogP contribution in [0.3, 0.4) is 0 Å². The van der Waals surface area contributed by atoms with E-state index in [-0.39, 0.29) is 5.69 Å². The van der Waals surface area contributed by atoms with E-state index in [4.69, 9.17) is 16.3 Å². The second kappa shape index (κ2) is 8.05. The van der Waals surface area contributed by atoms with Crippen molar-refractivity contribution in [2.24, 2.45) is 0 Å². The molecule has 0 spiro atoms. The van der Waals surface area contributed by atoms with E-state index in [1.807, 2.05) is 0 Å². The molecule has 0 bridgehead atoms. The molecule has 27 heavy (non-hydrogen) atoms. The van der Waals surface area contributed by atoms with Crippen LogP contribution in [0, 0.1) is 0 Å². The molecule has 0 amide bonds. The quantitative estimate of drug-likeness (QED) is 0.453. The van der Waals surface area contributed by atoms with E-state index in [2.05, 4.69) is 12.0 Å². The van der Waals surface area contributed by atoms with Crippen LogP contribution in [0.5, 0.6) is 5.75 Å². The lowest BCUT2D eigenvalue weighted by Gasteiger charge is -2.11. The molecule has 1 heterocycles. The highest BCUT2D eigenvalue weighted by atomic mass is 35.5. The van der Waals surface area contributed by atoms with Crippen LogP contribution in [0.4, 0.5) is 13.2 Å². The monoisotopic (exact) mass is 394 g/mol. The van der Waals surface area contributed by atoms with Crippen molar-refractivity contribution >= 4 is 11.6 Å². The fourth-order valence-electron chi connectivity index (χ4n) is 2.61. The Bertz CT molecular complexity index is 922. The van der Waals surface area contributed by atoms with Gasteiger partial charge in [0.1, 0.15) is 5.75 Å². The van der Waals surface area contributed by atoms with Gasteiger partial charge in [-0.15, -0.1) is 0 Å². The zero-order valence-electron chi connectivity index (χ0n) is 14.6. The second-order valence-corrected chi connectivity index (χ2v) is 6.41. The Hall–Kier alpha value is -2.47. The van der Waals surface area contributed by atoms with Crippen molar-refractivity contribution in [3.05, 3.63) is 65.3 Å². The van der Waals surface area contributed by atoms with Crippen LogP contribution in [0.1, 0.15) is 25.5 Å². The molecule has 3 rings (SSSR count). The van der Waals surface area contributed by atoms with Crippen molar-refractivity contribution in [2.75, 3.05) is 6.61 Å². The summed E-state index contributed by atoms with van der Waals surface area (Å²) in [4.78, 5) is 0. The molecule has 0 fully saturated rings. The molecule has 0 unspecified atom stereocenters. The summed E-state index contributed by atoms with van der Waals surface area (Å²) in [5, 5.41) is 4.07. The Morgan fingerprint density at radius 1 is 1.07 bits per heavy atom. The Kier molecular flexibility index (Phi) is 5.75. The van der Waals surface area contributed by atoms with E-state index >= 15 is 0 Å². The van der Waals surface area contributed by atoms with Crippen LogP contribution in [0.2, 0.25) is 5.02 Å². The van der Waals surface area contributed by atoms with Crippen molar-refractivity contribution in [3.63, 3.8) is 0 Å². The lowest BCUT2D eigenvalue weighted by molar-refractivity contribution is -0.141. The maximum absolute atomic E-state index is 13.3. The van der Waals surface area contributed by atoms with Gasteiger partial charge in [-0.1, -0.05) is 49.2 Å². The normalized spacial score (nSPS) is 11.6. The molecule has 0 aliphatic heterocycles. The highest BCUT2D eigenvalue weighted by Crippen LogP contribution is 2.35. The van der Waals surface area contributed by atoms with Gasteiger partial charge in [0, 0.05) is 5.56 Å². The predicted octanol–water partition coefficient (Wildman–Crippen LogP) is 6.39. The highest BCUT2D eigenvalue weighted by molar-refractivity contribution is 6.32. The number of nitrogens with zero attached hydrogens (tertiary/aromatic N) is 2. The van der Waals surface area contributed by atoms with Gasteiger partial charge < -0.3 is 4.74 Å².